The molecule has 35 heavy (non-hydrogen) atoms. The van der Waals surface area contributed by atoms with Crippen molar-refractivity contribution in [3.63, 3.8) is 0 Å². The lowest BCUT2D eigenvalue weighted by Crippen LogP contribution is -2.48. The number of carbonyl (C=O) groups is 2. The Balaban J connectivity index is 0.00000167. The van der Waals surface area contributed by atoms with Gasteiger partial charge in [0, 0.05) is 19.3 Å². The van der Waals surface area contributed by atoms with Crippen molar-refractivity contribution < 1.29 is 9.59 Å². The van der Waals surface area contributed by atoms with Crippen LogP contribution in [0.5, 0.6) is 0 Å². The van der Waals surface area contributed by atoms with Crippen LogP contribution in [0.15, 0.2) is 42.3 Å². The second kappa shape index (κ2) is 12.1. The topological polar surface area (TPSA) is 80.1 Å². The smallest absolute Gasteiger partial charge is 0.246 e. The van der Waals surface area contributed by atoms with E-state index in [1.54, 1.807) is 22.6 Å². The van der Waals surface area contributed by atoms with Crippen molar-refractivity contribution in [1.29, 1.82) is 0 Å². The van der Waals surface area contributed by atoms with Crippen molar-refractivity contribution in [3.05, 3.63) is 59.3 Å². The van der Waals surface area contributed by atoms with E-state index < -0.39 is 6.04 Å². The summed E-state index contributed by atoms with van der Waals surface area (Å²) in [4.78, 5) is 38.0. The highest BCUT2D eigenvalue weighted by Gasteiger charge is 2.38. The molecule has 1 N–H and O–H groups in total. The van der Waals surface area contributed by atoms with Gasteiger partial charge >= 0.3 is 0 Å². The highest BCUT2D eigenvalue weighted by Crippen LogP contribution is 2.28. The SMILES string of the molecule is CC.Cc1cn(C(C(=O)N2CCCC2C(=O)NCc2ccc(-c3scnc3C)cc2)C(C)C)cn1. The molecular formula is C27H37N5O2S. The number of carbonyl (C=O) groups excluding carboxylic acids is 2. The van der Waals surface area contributed by atoms with E-state index in [1.807, 2.05) is 69.9 Å². The Morgan fingerprint density at radius 2 is 1.86 bits per heavy atom. The zero-order chi connectivity index (χ0) is 25.5. The lowest BCUT2D eigenvalue weighted by molar-refractivity contribution is -0.142. The molecule has 2 atom stereocenters. The average Bonchev–Trinajstić information content (AvgIpc) is 3.60. The van der Waals surface area contributed by atoms with E-state index in [2.05, 4.69) is 27.4 Å². The average molecular weight is 496 g/mol. The van der Waals surface area contributed by atoms with E-state index in [9.17, 15) is 9.59 Å². The number of hydrogen-bond acceptors (Lipinski definition) is 5. The molecule has 0 bridgehead atoms. The molecule has 2 unspecified atom stereocenters. The van der Waals surface area contributed by atoms with Crippen LogP contribution in [0.25, 0.3) is 10.4 Å². The summed E-state index contributed by atoms with van der Waals surface area (Å²) in [5.74, 6) is -0.00650. The number of aromatic nitrogens is 3. The van der Waals surface area contributed by atoms with Crippen molar-refractivity contribution in [2.24, 2.45) is 5.92 Å². The van der Waals surface area contributed by atoms with Gasteiger partial charge in [-0.05, 0) is 43.7 Å². The molecular weight excluding hydrogens is 458 g/mol. The summed E-state index contributed by atoms with van der Waals surface area (Å²) < 4.78 is 1.88. The summed E-state index contributed by atoms with van der Waals surface area (Å²) in [5, 5.41) is 3.04. The predicted octanol–water partition coefficient (Wildman–Crippen LogP) is 5.15. The van der Waals surface area contributed by atoms with Gasteiger partial charge in [0.15, 0.2) is 0 Å². The van der Waals surface area contributed by atoms with E-state index in [4.69, 9.17) is 0 Å². The molecule has 1 aliphatic rings. The minimum Gasteiger partial charge on any atom is -0.350 e. The third-order valence-corrected chi connectivity index (χ3v) is 7.18. The Hall–Kier alpha value is -3.00. The normalized spacial score (nSPS) is 16.1. The fourth-order valence-corrected chi connectivity index (χ4v) is 5.29. The van der Waals surface area contributed by atoms with Crippen molar-refractivity contribution >= 4 is 23.2 Å². The van der Waals surface area contributed by atoms with Crippen LogP contribution in [0.1, 0.15) is 63.5 Å². The molecule has 0 spiro atoms. The Morgan fingerprint density at radius 3 is 2.43 bits per heavy atom. The van der Waals surface area contributed by atoms with Crippen LogP contribution >= 0.6 is 11.3 Å². The van der Waals surface area contributed by atoms with Gasteiger partial charge in [-0.3, -0.25) is 9.59 Å². The first-order valence-corrected chi connectivity index (χ1v) is 13.3. The molecule has 1 aromatic carbocycles. The number of hydrogen-bond donors (Lipinski definition) is 1. The molecule has 2 amide bonds. The zero-order valence-electron chi connectivity index (χ0n) is 21.6. The van der Waals surface area contributed by atoms with Gasteiger partial charge in [0.05, 0.1) is 28.1 Å². The van der Waals surface area contributed by atoms with Crippen molar-refractivity contribution in [2.45, 2.75) is 73.0 Å². The van der Waals surface area contributed by atoms with Gasteiger partial charge in [0.25, 0.3) is 0 Å². The number of rotatable bonds is 7. The van der Waals surface area contributed by atoms with Gasteiger partial charge in [-0.1, -0.05) is 52.0 Å². The summed E-state index contributed by atoms with van der Waals surface area (Å²) in [6.45, 7) is 13.0. The molecule has 1 aliphatic heterocycles. The highest BCUT2D eigenvalue weighted by molar-refractivity contribution is 7.13. The molecule has 3 heterocycles. The Kier molecular flexibility index (Phi) is 9.20. The molecule has 0 aliphatic carbocycles. The highest BCUT2D eigenvalue weighted by atomic mass is 32.1. The lowest BCUT2D eigenvalue weighted by atomic mass is 10.0. The minimum absolute atomic E-state index is 0.00988. The zero-order valence-corrected chi connectivity index (χ0v) is 22.4. The first-order valence-electron chi connectivity index (χ1n) is 12.4. The van der Waals surface area contributed by atoms with E-state index in [1.165, 1.54) is 4.88 Å². The van der Waals surface area contributed by atoms with Gasteiger partial charge in [-0.2, -0.15) is 0 Å². The monoisotopic (exact) mass is 495 g/mol. The van der Waals surface area contributed by atoms with Crippen LogP contribution in [0.3, 0.4) is 0 Å². The predicted molar refractivity (Wildman–Crippen MR) is 141 cm³/mol. The van der Waals surface area contributed by atoms with Crippen LogP contribution in [0.2, 0.25) is 0 Å². The largest absolute Gasteiger partial charge is 0.350 e. The Morgan fingerprint density at radius 1 is 1.14 bits per heavy atom. The second-order valence-electron chi connectivity index (χ2n) is 9.02. The lowest BCUT2D eigenvalue weighted by Gasteiger charge is -2.30. The number of thiazole rings is 1. The first kappa shape index (κ1) is 26.6. The summed E-state index contributed by atoms with van der Waals surface area (Å²) >= 11 is 1.63. The van der Waals surface area contributed by atoms with Gasteiger partial charge in [0.2, 0.25) is 11.8 Å². The fourth-order valence-electron chi connectivity index (χ4n) is 4.48. The number of likely N-dealkylation sites (tertiary alicyclic amines) is 1. The van der Waals surface area contributed by atoms with Crippen LogP contribution in [0.4, 0.5) is 0 Å². The molecule has 1 fully saturated rings. The number of aryl methyl sites for hydroxylation is 2. The Bertz CT molecular complexity index is 1120. The molecule has 2 aromatic heterocycles. The van der Waals surface area contributed by atoms with Crippen LogP contribution in [0, 0.1) is 19.8 Å². The number of nitrogens with zero attached hydrogens (tertiary/aromatic N) is 4. The molecule has 8 heteroatoms. The van der Waals surface area contributed by atoms with Crippen molar-refractivity contribution in [3.8, 4) is 10.4 Å². The molecule has 1 saturated heterocycles. The number of nitrogens with one attached hydrogen (secondary N) is 1. The third-order valence-electron chi connectivity index (χ3n) is 6.20. The summed E-state index contributed by atoms with van der Waals surface area (Å²) in [6, 6.07) is 7.40. The summed E-state index contributed by atoms with van der Waals surface area (Å²) in [6.07, 6.45) is 5.13. The van der Waals surface area contributed by atoms with Gasteiger partial charge < -0.3 is 14.8 Å². The number of imidazole rings is 1. The van der Waals surface area contributed by atoms with Gasteiger partial charge in [0.1, 0.15) is 12.1 Å². The number of amides is 2. The summed E-state index contributed by atoms with van der Waals surface area (Å²) in [7, 11) is 0. The van der Waals surface area contributed by atoms with Gasteiger partial charge in [-0.25, -0.2) is 9.97 Å². The maximum atomic E-state index is 13.5. The van der Waals surface area contributed by atoms with Crippen molar-refractivity contribution in [1.82, 2.24) is 24.8 Å². The van der Waals surface area contributed by atoms with E-state index in [-0.39, 0.29) is 23.8 Å². The van der Waals surface area contributed by atoms with E-state index in [0.29, 0.717) is 19.5 Å². The molecule has 0 saturated carbocycles. The third kappa shape index (κ3) is 6.17. The van der Waals surface area contributed by atoms with Crippen molar-refractivity contribution in [2.75, 3.05) is 6.54 Å². The van der Waals surface area contributed by atoms with Crippen LogP contribution in [-0.2, 0) is 16.1 Å². The van der Waals surface area contributed by atoms with Crippen LogP contribution < -0.4 is 5.32 Å². The molecule has 188 valence electrons. The van der Waals surface area contributed by atoms with E-state index >= 15 is 0 Å². The maximum absolute atomic E-state index is 13.5. The molecule has 7 nitrogen and oxygen atoms in total. The first-order chi connectivity index (χ1) is 16.8. The maximum Gasteiger partial charge on any atom is 0.246 e. The quantitative estimate of drug-likeness (QED) is 0.491. The van der Waals surface area contributed by atoms with Gasteiger partial charge in [-0.15, -0.1) is 11.3 Å². The fraction of sp³-hybridized carbons (Fsp3) is 0.481. The number of benzene rings is 1. The molecule has 0 radical (unpaired) electrons. The van der Waals surface area contributed by atoms with Crippen LogP contribution in [-0.4, -0.2) is 43.8 Å². The standard InChI is InChI=1S/C25H31N5O2S.C2H6/c1-16(2)22(29-13-17(3)27-14-29)25(32)30-11-5-6-21(30)24(31)26-12-19-7-9-20(10-8-19)23-18(4)28-15-33-23;1-2/h7-10,13-16,21-22H,5-6,11-12H2,1-4H3,(H,26,31);1-2H3. The Labute approximate surface area is 212 Å². The second-order valence-corrected chi connectivity index (χ2v) is 9.88. The summed E-state index contributed by atoms with van der Waals surface area (Å²) in [5.41, 5.74) is 5.91. The molecule has 4 rings (SSSR count). The van der Waals surface area contributed by atoms with E-state index in [0.717, 1.165) is 28.9 Å². The molecule has 3 aromatic rings. The minimum atomic E-state index is -0.428.